The summed E-state index contributed by atoms with van der Waals surface area (Å²) in [4.78, 5) is 23.8. The fourth-order valence-electron chi connectivity index (χ4n) is 4.24. The lowest BCUT2D eigenvalue weighted by molar-refractivity contribution is -0.138. The number of aromatic nitrogens is 2. The summed E-state index contributed by atoms with van der Waals surface area (Å²) in [6, 6.07) is 5.85. The van der Waals surface area contributed by atoms with Crippen molar-refractivity contribution in [3.63, 3.8) is 0 Å². The number of amides is 1. The summed E-state index contributed by atoms with van der Waals surface area (Å²) < 4.78 is 0. The van der Waals surface area contributed by atoms with Crippen LogP contribution in [0.2, 0.25) is 0 Å². The van der Waals surface area contributed by atoms with Gasteiger partial charge in [0, 0.05) is 18.1 Å². The second kappa shape index (κ2) is 7.94. The van der Waals surface area contributed by atoms with Gasteiger partial charge in [0.25, 0.3) is 0 Å². The van der Waals surface area contributed by atoms with Gasteiger partial charge in [0.1, 0.15) is 5.82 Å². The lowest BCUT2D eigenvalue weighted by Gasteiger charge is -2.34. The highest BCUT2D eigenvalue weighted by Crippen LogP contribution is 2.36. The van der Waals surface area contributed by atoms with Gasteiger partial charge in [-0.3, -0.25) is 4.79 Å². The number of aliphatic hydroxyl groups is 1. The molecule has 2 aromatic heterocycles. The van der Waals surface area contributed by atoms with Crippen LogP contribution in [0.5, 0.6) is 0 Å². The Balaban J connectivity index is 1.47. The third kappa shape index (κ3) is 4.30. The van der Waals surface area contributed by atoms with Crippen LogP contribution in [0.4, 0.5) is 10.9 Å². The van der Waals surface area contributed by atoms with Gasteiger partial charge in [-0.15, -0.1) is 11.3 Å². The van der Waals surface area contributed by atoms with Crippen LogP contribution in [-0.4, -0.2) is 38.0 Å². The second-order valence-electron chi connectivity index (χ2n) is 7.62. The summed E-state index contributed by atoms with van der Waals surface area (Å²) in [5, 5.41) is 16.7. The first-order chi connectivity index (χ1) is 13.1. The third-order valence-electron chi connectivity index (χ3n) is 5.62. The largest absolute Gasteiger partial charge is 0.389 e. The molecule has 3 heterocycles. The molecular formula is C20H26N4O2S. The normalized spacial score (nSPS) is 22.0. The van der Waals surface area contributed by atoms with Crippen LogP contribution in [0.25, 0.3) is 0 Å². The summed E-state index contributed by atoms with van der Waals surface area (Å²) in [5.41, 5.74) is 0.0856. The summed E-state index contributed by atoms with van der Waals surface area (Å²) in [5.74, 6) is 0.801. The van der Waals surface area contributed by atoms with Crippen molar-refractivity contribution in [2.45, 2.75) is 63.0 Å². The van der Waals surface area contributed by atoms with Gasteiger partial charge >= 0.3 is 0 Å². The minimum atomic E-state index is -0.815. The third-order valence-corrected chi connectivity index (χ3v) is 6.31. The number of pyridine rings is 1. The molecule has 4 rings (SSSR count). The molecule has 1 saturated heterocycles. The van der Waals surface area contributed by atoms with Gasteiger partial charge in [-0.25, -0.2) is 9.97 Å². The van der Waals surface area contributed by atoms with Crippen molar-refractivity contribution in [3.8, 4) is 0 Å². The molecule has 144 valence electrons. The number of nitrogens with zero attached hydrogens (tertiary/aromatic N) is 3. The van der Waals surface area contributed by atoms with E-state index < -0.39 is 5.60 Å². The Morgan fingerprint density at radius 3 is 2.93 bits per heavy atom. The smallest absolute Gasteiger partial charge is 0.226 e. The highest BCUT2D eigenvalue weighted by atomic mass is 32.1. The van der Waals surface area contributed by atoms with Gasteiger partial charge in [0.05, 0.1) is 23.8 Å². The van der Waals surface area contributed by atoms with Crippen LogP contribution in [0.3, 0.4) is 0 Å². The summed E-state index contributed by atoms with van der Waals surface area (Å²) >= 11 is 1.53. The van der Waals surface area contributed by atoms with Gasteiger partial charge in [-0.2, -0.15) is 0 Å². The molecular weight excluding hydrogens is 360 g/mol. The van der Waals surface area contributed by atoms with Crippen molar-refractivity contribution < 1.29 is 9.90 Å². The Hall–Kier alpha value is -1.99. The fraction of sp³-hybridized carbons (Fsp3) is 0.550. The lowest BCUT2D eigenvalue weighted by Crippen LogP contribution is -2.40. The van der Waals surface area contributed by atoms with Crippen molar-refractivity contribution in [3.05, 3.63) is 35.5 Å². The average Bonchev–Trinajstić information content (AvgIpc) is 3.34. The van der Waals surface area contributed by atoms with Gasteiger partial charge in [0.2, 0.25) is 5.91 Å². The SMILES string of the molecule is O=C(CC1(O)CCCCC1)N1CCCC1c1cccc(Nc2nccs2)n1. The van der Waals surface area contributed by atoms with E-state index in [1.165, 1.54) is 11.3 Å². The predicted molar refractivity (Wildman–Crippen MR) is 106 cm³/mol. The van der Waals surface area contributed by atoms with E-state index in [4.69, 9.17) is 4.98 Å². The minimum absolute atomic E-state index is 0.0114. The molecule has 2 fully saturated rings. The van der Waals surface area contributed by atoms with E-state index in [1.54, 1.807) is 6.20 Å². The first-order valence-electron chi connectivity index (χ1n) is 9.78. The quantitative estimate of drug-likeness (QED) is 0.811. The van der Waals surface area contributed by atoms with Crippen molar-refractivity contribution in [2.75, 3.05) is 11.9 Å². The van der Waals surface area contributed by atoms with Crippen molar-refractivity contribution in [2.24, 2.45) is 0 Å². The lowest BCUT2D eigenvalue weighted by atomic mass is 9.82. The molecule has 0 aromatic carbocycles. The molecule has 1 amide bonds. The fourth-order valence-corrected chi connectivity index (χ4v) is 4.78. The van der Waals surface area contributed by atoms with Gasteiger partial charge in [0.15, 0.2) is 5.13 Å². The zero-order valence-corrected chi connectivity index (χ0v) is 16.2. The van der Waals surface area contributed by atoms with Gasteiger partial charge in [-0.05, 0) is 37.8 Å². The summed E-state index contributed by atoms with van der Waals surface area (Å²) in [7, 11) is 0. The molecule has 2 aromatic rings. The number of carbonyl (C=O) groups excluding carboxylic acids is 1. The maximum Gasteiger partial charge on any atom is 0.226 e. The van der Waals surface area contributed by atoms with Crippen LogP contribution in [0.15, 0.2) is 29.8 Å². The van der Waals surface area contributed by atoms with Crippen LogP contribution in [0, 0.1) is 0 Å². The molecule has 1 saturated carbocycles. The van der Waals surface area contributed by atoms with Crippen molar-refractivity contribution >= 4 is 28.2 Å². The number of carbonyl (C=O) groups is 1. The predicted octanol–water partition coefficient (Wildman–Crippen LogP) is 4.03. The zero-order valence-electron chi connectivity index (χ0n) is 15.4. The molecule has 6 nitrogen and oxygen atoms in total. The van der Waals surface area contributed by atoms with E-state index in [0.717, 1.165) is 68.1 Å². The highest BCUT2D eigenvalue weighted by Gasteiger charge is 2.37. The maximum atomic E-state index is 13.0. The van der Waals surface area contributed by atoms with E-state index in [9.17, 15) is 9.90 Å². The molecule has 1 unspecified atom stereocenters. The molecule has 7 heteroatoms. The number of hydrogen-bond donors (Lipinski definition) is 2. The van der Waals surface area contributed by atoms with Crippen LogP contribution in [0.1, 0.15) is 63.1 Å². The first kappa shape index (κ1) is 18.4. The number of nitrogens with one attached hydrogen (secondary N) is 1. The molecule has 0 bridgehead atoms. The van der Waals surface area contributed by atoms with Crippen LogP contribution < -0.4 is 5.32 Å². The molecule has 0 spiro atoms. The molecule has 2 aliphatic rings. The van der Waals surface area contributed by atoms with E-state index in [2.05, 4.69) is 10.3 Å². The van der Waals surface area contributed by atoms with Gasteiger partial charge in [-0.1, -0.05) is 25.3 Å². The number of anilines is 2. The Kier molecular flexibility index (Phi) is 5.41. The van der Waals surface area contributed by atoms with E-state index in [1.807, 2.05) is 28.5 Å². The van der Waals surface area contributed by atoms with Crippen molar-refractivity contribution in [1.29, 1.82) is 0 Å². The molecule has 1 atom stereocenters. The van der Waals surface area contributed by atoms with E-state index in [-0.39, 0.29) is 18.4 Å². The highest BCUT2D eigenvalue weighted by molar-refractivity contribution is 7.13. The molecule has 27 heavy (non-hydrogen) atoms. The van der Waals surface area contributed by atoms with Crippen LogP contribution in [-0.2, 0) is 4.79 Å². The van der Waals surface area contributed by atoms with E-state index in [0.29, 0.717) is 0 Å². The summed E-state index contributed by atoms with van der Waals surface area (Å²) in [6.07, 6.45) is 8.54. The number of hydrogen-bond acceptors (Lipinski definition) is 6. The average molecular weight is 387 g/mol. The zero-order chi connectivity index (χ0) is 18.7. The minimum Gasteiger partial charge on any atom is -0.389 e. The van der Waals surface area contributed by atoms with Gasteiger partial charge < -0.3 is 15.3 Å². The molecule has 1 aliphatic carbocycles. The standard InChI is InChI=1S/C20H26N4O2S/c25-18(14-20(26)9-2-1-3-10-20)24-12-5-7-16(24)15-6-4-8-17(22-15)23-19-21-11-13-27-19/h4,6,8,11,13,16,26H,1-3,5,7,9-10,12,14H2,(H,21,22,23). The number of likely N-dealkylation sites (tertiary alicyclic amines) is 1. The Morgan fingerprint density at radius 1 is 1.30 bits per heavy atom. The Morgan fingerprint density at radius 2 is 2.15 bits per heavy atom. The maximum absolute atomic E-state index is 13.0. The Bertz CT molecular complexity index is 774. The number of rotatable bonds is 5. The number of thiazole rings is 1. The topological polar surface area (TPSA) is 78.4 Å². The van der Waals surface area contributed by atoms with E-state index >= 15 is 0 Å². The van der Waals surface area contributed by atoms with Crippen molar-refractivity contribution in [1.82, 2.24) is 14.9 Å². The second-order valence-corrected chi connectivity index (χ2v) is 8.51. The first-order valence-corrected chi connectivity index (χ1v) is 10.7. The molecule has 2 N–H and O–H groups in total. The molecule has 0 radical (unpaired) electrons. The van der Waals surface area contributed by atoms with Crippen LogP contribution >= 0.6 is 11.3 Å². The molecule has 1 aliphatic heterocycles. The monoisotopic (exact) mass is 386 g/mol. The summed E-state index contributed by atoms with van der Waals surface area (Å²) in [6.45, 7) is 0.741. The Labute approximate surface area is 163 Å².